The van der Waals surface area contributed by atoms with E-state index in [0.717, 1.165) is 16.5 Å². The van der Waals surface area contributed by atoms with Gasteiger partial charge >= 0.3 is 5.97 Å². The average Bonchev–Trinajstić information content (AvgIpc) is 2.94. The van der Waals surface area contributed by atoms with Crippen molar-refractivity contribution in [3.63, 3.8) is 0 Å². The maximum atomic E-state index is 12.6. The number of hydrogen-bond acceptors (Lipinski definition) is 2. The van der Waals surface area contributed by atoms with Crippen LogP contribution in [0.3, 0.4) is 0 Å². The summed E-state index contributed by atoms with van der Waals surface area (Å²) in [5.41, 5.74) is 1.12. The molecule has 4 nitrogen and oxygen atoms in total. The molecular formula is C16H20BrNO3. The number of amides is 1. The smallest absolute Gasteiger partial charge is 0.308 e. The van der Waals surface area contributed by atoms with Gasteiger partial charge in [-0.3, -0.25) is 9.59 Å². The number of aliphatic carboxylic acids is 1. The van der Waals surface area contributed by atoms with E-state index in [9.17, 15) is 9.59 Å². The zero-order chi connectivity index (χ0) is 15.4. The molecule has 2 atom stereocenters. The zero-order valence-electron chi connectivity index (χ0n) is 12.1. The minimum atomic E-state index is -0.801. The first-order valence-electron chi connectivity index (χ1n) is 7.27. The normalized spacial score (nSPS) is 19.5. The third kappa shape index (κ3) is 4.06. The van der Waals surface area contributed by atoms with Crippen molar-refractivity contribution in [1.29, 1.82) is 0 Å². The van der Waals surface area contributed by atoms with Gasteiger partial charge in [-0.2, -0.15) is 0 Å². The first-order chi connectivity index (χ1) is 10.0. The van der Waals surface area contributed by atoms with Gasteiger partial charge in [-0.1, -0.05) is 35.0 Å². The molecule has 1 saturated heterocycles. The van der Waals surface area contributed by atoms with Crippen molar-refractivity contribution in [3.05, 3.63) is 34.3 Å². The lowest BCUT2D eigenvalue weighted by Gasteiger charge is -2.22. The van der Waals surface area contributed by atoms with Gasteiger partial charge in [0.25, 0.3) is 0 Å². The summed E-state index contributed by atoms with van der Waals surface area (Å²) < 4.78 is 1.01. The second kappa shape index (κ2) is 7.07. The number of rotatable bonds is 5. The molecule has 1 amide bonds. The topological polar surface area (TPSA) is 57.6 Å². The number of nitrogens with zero attached hydrogens (tertiary/aromatic N) is 1. The van der Waals surface area contributed by atoms with Crippen LogP contribution < -0.4 is 0 Å². The van der Waals surface area contributed by atoms with Crippen molar-refractivity contribution < 1.29 is 14.7 Å². The van der Waals surface area contributed by atoms with E-state index in [4.69, 9.17) is 5.11 Å². The Morgan fingerprint density at radius 1 is 1.48 bits per heavy atom. The van der Waals surface area contributed by atoms with Crippen molar-refractivity contribution in [2.24, 2.45) is 11.8 Å². The van der Waals surface area contributed by atoms with Crippen molar-refractivity contribution in [3.8, 4) is 0 Å². The molecule has 0 unspecified atom stereocenters. The van der Waals surface area contributed by atoms with Crippen LogP contribution in [0.2, 0.25) is 0 Å². The molecule has 0 saturated carbocycles. The lowest BCUT2D eigenvalue weighted by atomic mass is 9.95. The van der Waals surface area contributed by atoms with Crippen molar-refractivity contribution >= 4 is 27.8 Å². The Bertz CT molecular complexity index is 532. The summed E-state index contributed by atoms with van der Waals surface area (Å²) in [4.78, 5) is 25.3. The number of likely N-dealkylation sites (tertiary alicyclic amines) is 1. The van der Waals surface area contributed by atoms with Gasteiger partial charge in [-0.15, -0.1) is 0 Å². The number of benzene rings is 1. The van der Waals surface area contributed by atoms with E-state index < -0.39 is 11.9 Å². The average molecular weight is 354 g/mol. The Hall–Kier alpha value is -1.36. The van der Waals surface area contributed by atoms with Crippen molar-refractivity contribution in [2.75, 3.05) is 13.1 Å². The highest BCUT2D eigenvalue weighted by Gasteiger charge is 2.33. The van der Waals surface area contributed by atoms with Crippen molar-refractivity contribution in [2.45, 2.75) is 26.2 Å². The Balaban J connectivity index is 2.01. The molecule has 0 aliphatic carbocycles. The van der Waals surface area contributed by atoms with Crippen LogP contribution in [0.15, 0.2) is 28.7 Å². The fourth-order valence-electron chi connectivity index (χ4n) is 2.77. The molecule has 1 aliphatic heterocycles. The van der Waals surface area contributed by atoms with Gasteiger partial charge in [0.2, 0.25) is 5.91 Å². The van der Waals surface area contributed by atoms with E-state index in [1.54, 1.807) is 4.90 Å². The van der Waals surface area contributed by atoms with Crippen LogP contribution >= 0.6 is 15.9 Å². The van der Waals surface area contributed by atoms with Crippen LogP contribution in [0, 0.1) is 11.8 Å². The molecule has 1 heterocycles. The minimum absolute atomic E-state index is 0.0770. The highest BCUT2D eigenvalue weighted by atomic mass is 79.9. The fraction of sp³-hybridized carbons (Fsp3) is 0.500. The van der Waals surface area contributed by atoms with Gasteiger partial charge < -0.3 is 10.0 Å². The third-order valence-corrected chi connectivity index (χ3v) is 4.56. The Kier molecular flexibility index (Phi) is 5.39. The molecule has 114 valence electrons. The molecule has 1 aromatic carbocycles. The number of carboxylic acids is 1. The molecule has 0 radical (unpaired) electrons. The molecule has 0 bridgehead atoms. The van der Waals surface area contributed by atoms with Crippen LogP contribution in [0.5, 0.6) is 0 Å². The van der Waals surface area contributed by atoms with E-state index in [2.05, 4.69) is 15.9 Å². The second-order valence-electron chi connectivity index (χ2n) is 5.55. The van der Waals surface area contributed by atoms with Gasteiger partial charge in [0, 0.05) is 23.5 Å². The highest BCUT2D eigenvalue weighted by Crippen LogP contribution is 2.23. The largest absolute Gasteiger partial charge is 0.481 e. The molecule has 1 aromatic rings. The van der Waals surface area contributed by atoms with Gasteiger partial charge in [0.1, 0.15) is 0 Å². The highest BCUT2D eigenvalue weighted by molar-refractivity contribution is 9.10. The van der Waals surface area contributed by atoms with Gasteiger partial charge in [0.05, 0.1) is 5.92 Å². The van der Waals surface area contributed by atoms with E-state index in [-0.39, 0.29) is 11.8 Å². The Morgan fingerprint density at radius 3 is 2.81 bits per heavy atom. The molecular weight excluding hydrogens is 334 g/mol. The molecule has 21 heavy (non-hydrogen) atoms. The van der Waals surface area contributed by atoms with Gasteiger partial charge in [0.15, 0.2) is 0 Å². The predicted octanol–water partition coefficient (Wildman–Crippen LogP) is 2.95. The quantitative estimate of drug-likeness (QED) is 0.885. The predicted molar refractivity (Wildman–Crippen MR) is 83.9 cm³/mol. The second-order valence-corrected chi connectivity index (χ2v) is 6.46. The van der Waals surface area contributed by atoms with Crippen LogP contribution in [-0.4, -0.2) is 35.0 Å². The number of carboxylic acid groups (broad SMARTS) is 1. The summed E-state index contributed by atoms with van der Waals surface area (Å²) in [6, 6.07) is 7.97. The summed E-state index contributed by atoms with van der Waals surface area (Å²) in [5.74, 6) is -1.20. The summed E-state index contributed by atoms with van der Waals surface area (Å²) in [7, 11) is 0. The minimum Gasteiger partial charge on any atom is -0.481 e. The van der Waals surface area contributed by atoms with E-state index in [1.165, 1.54) is 0 Å². The lowest BCUT2D eigenvalue weighted by Crippen LogP contribution is -2.35. The molecule has 1 aliphatic rings. The van der Waals surface area contributed by atoms with Crippen LogP contribution in [-0.2, 0) is 16.0 Å². The summed E-state index contributed by atoms with van der Waals surface area (Å²) in [5, 5.41) is 9.03. The maximum absolute atomic E-state index is 12.6. The first-order valence-corrected chi connectivity index (χ1v) is 8.06. The summed E-state index contributed by atoms with van der Waals surface area (Å²) in [6.07, 6.45) is 2.02. The Morgan fingerprint density at radius 2 is 2.24 bits per heavy atom. The molecule has 0 spiro atoms. The van der Waals surface area contributed by atoms with Gasteiger partial charge in [-0.25, -0.2) is 0 Å². The number of carbonyl (C=O) groups excluding carboxylic acids is 1. The SMILES string of the molecule is CC[C@@H](Cc1cccc(Br)c1)C(=O)N1CC[C@H](C(=O)O)C1. The zero-order valence-corrected chi connectivity index (χ0v) is 13.7. The van der Waals surface area contributed by atoms with Crippen LogP contribution in [0.25, 0.3) is 0 Å². The van der Waals surface area contributed by atoms with Crippen LogP contribution in [0.1, 0.15) is 25.3 Å². The van der Waals surface area contributed by atoms with Crippen LogP contribution in [0.4, 0.5) is 0 Å². The fourth-order valence-corrected chi connectivity index (χ4v) is 3.22. The standard InChI is InChI=1S/C16H20BrNO3/c1-2-12(8-11-4-3-5-14(17)9-11)15(19)18-7-6-13(10-18)16(20)21/h3-5,9,12-13H,2,6-8,10H2,1H3,(H,20,21)/t12-,13-/m0/s1. The van der Waals surface area contributed by atoms with Crippen molar-refractivity contribution in [1.82, 2.24) is 4.90 Å². The third-order valence-electron chi connectivity index (χ3n) is 4.06. The number of hydrogen-bond donors (Lipinski definition) is 1. The molecule has 5 heteroatoms. The molecule has 2 rings (SSSR count). The molecule has 0 aromatic heterocycles. The monoisotopic (exact) mass is 353 g/mol. The first kappa shape index (κ1) is 16.0. The molecule has 1 N–H and O–H groups in total. The number of carbonyl (C=O) groups is 2. The summed E-state index contributed by atoms with van der Waals surface area (Å²) in [6.45, 7) is 2.92. The number of halogens is 1. The van der Waals surface area contributed by atoms with E-state index >= 15 is 0 Å². The van der Waals surface area contributed by atoms with Gasteiger partial charge in [-0.05, 0) is 37.0 Å². The Labute approximate surface area is 133 Å². The molecule has 1 fully saturated rings. The van der Waals surface area contributed by atoms with E-state index in [0.29, 0.717) is 25.9 Å². The van der Waals surface area contributed by atoms with E-state index in [1.807, 2.05) is 31.2 Å². The summed E-state index contributed by atoms with van der Waals surface area (Å²) >= 11 is 3.44. The lowest BCUT2D eigenvalue weighted by molar-refractivity contribution is -0.141. The maximum Gasteiger partial charge on any atom is 0.308 e.